The smallest absolute Gasteiger partial charge is 0.133 e. The van der Waals surface area contributed by atoms with Gasteiger partial charge in [-0.15, -0.1) is 0 Å². The Kier molecular flexibility index (Phi) is 3.67. The fourth-order valence-electron chi connectivity index (χ4n) is 7.39. The van der Waals surface area contributed by atoms with Gasteiger partial charge in [-0.3, -0.25) is 4.79 Å². The summed E-state index contributed by atoms with van der Waals surface area (Å²) in [4.78, 5) is 12.0. The number of carbonyl (C=O) groups excluding carboxylic acids is 1. The third kappa shape index (κ3) is 2.05. The second kappa shape index (κ2) is 5.33. The van der Waals surface area contributed by atoms with Gasteiger partial charge in [0.2, 0.25) is 0 Å². The quantitative estimate of drug-likeness (QED) is 0.744. The fourth-order valence-corrected chi connectivity index (χ4v) is 7.39. The molecule has 0 heterocycles. The van der Waals surface area contributed by atoms with Crippen molar-refractivity contribution in [3.05, 3.63) is 0 Å². The predicted octanol–water partition coefficient (Wildman–Crippen LogP) is 4.61. The monoisotopic (exact) mass is 304 g/mol. The van der Waals surface area contributed by atoms with Gasteiger partial charge < -0.3 is 4.74 Å². The zero-order valence-corrected chi connectivity index (χ0v) is 14.4. The molecule has 2 heteroatoms. The minimum Gasteiger partial charge on any atom is -0.384 e. The zero-order chi connectivity index (χ0) is 15.4. The van der Waals surface area contributed by atoms with E-state index in [0.29, 0.717) is 22.5 Å². The maximum absolute atomic E-state index is 12.0. The highest BCUT2D eigenvalue weighted by Gasteiger charge is 2.59. The van der Waals surface area contributed by atoms with Crippen LogP contribution in [0.25, 0.3) is 0 Å². The van der Waals surface area contributed by atoms with Gasteiger partial charge in [-0.1, -0.05) is 13.3 Å². The SMILES string of the molecule is COC[C@]12CCC(=O)C[C@H]1CC[C@H]1[C@@H]3CCC[C@@]3(C)CC[C@@H]12. The molecule has 124 valence electrons. The predicted molar refractivity (Wildman–Crippen MR) is 87.6 cm³/mol. The van der Waals surface area contributed by atoms with Crippen molar-refractivity contribution in [2.75, 3.05) is 13.7 Å². The molecule has 6 atom stereocenters. The molecule has 0 N–H and O–H groups in total. The molecule has 4 rings (SSSR count). The topological polar surface area (TPSA) is 26.3 Å². The number of methoxy groups -OCH3 is 1. The molecule has 4 fully saturated rings. The lowest BCUT2D eigenvalue weighted by molar-refractivity contribution is -0.153. The van der Waals surface area contributed by atoms with E-state index in [-0.39, 0.29) is 0 Å². The highest BCUT2D eigenvalue weighted by atomic mass is 16.5. The molecule has 22 heavy (non-hydrogen) atoms. The number of ether oxygens (including phenoxy) is 1. The lowest BCUT2D eigenvalue weighted by Crippen LogP contribution is -2.55. The van der Waals surface area contributed by atoms with Gasteiger partial charge >= 0.3 is 0 Å². The molecule has 0 radical (unpaired) electrons. The molecule has 4 aliphatic rings. The summed E-state index contributed by atoms with van der Waals surface area (Å²) in [5.74, 6) is 3.83. The highest BCUT2D eigenvalue weighted by molar-refractivity contribution is 5.79. The summed E-state index contributed by atoms with van der Waals surface area (Å²) in [6.07, 6.45) is 12.6. The molecule has 0 amide bonds. The summed E-state index contributed by atoms with van der Waals surface area (Å²) in [6.45, 7) is 3.47. The van der Waals surface area contributed by atoms with Crippen LogP contribution in [0.4, 0.5) is 0 Å². The van der Waals surface area contributed by atoms with Crippen LogP contribution in [-0.4, -0.2) is 19.5 Å². The Bertz CT molecular complexity index is 459. The number of hydrogen-bond donors (Lipinski definition) is 0. The van der Waals surface area contributed by atoms with Gasteiger partial charge in [0.1, 0.15) is 5.78 Å². The van der Waals surface area contributed by atoms with Crippen molar-refractivity contribution >= 4 is 5.78 Å². The van der Waals surface area contributed by atoms with Gasteiger partial charge in [-0.25, -0.2) is 0 Å². The van der Waals surface area contributed by atoms with E-state index in [4.69, 9.17) is 4.74 Å². The third-order valence-electron chi connectivity index (χ3n) is 8.37. The molecular weight excluding hydrogens is 272 g/mol. The minimum atomic E-state index is 0.329. The van der Waals surface area contributed by atoms with Crippen molar-refractivity contribution in [3.8, 4) is 0 Å². The van der Waals surface area contributed by atoms with Crippen LogP contribution >= 0.6 is 0 Å². The molecule has 0 unspecified atom stereocenters. The minimum absolute atomic E-state index is 0.329. The van der Waals surface area contributed by atoms with Crippen LogP contribution in [0.5, 0.6) is 0 Å². The van der Waals surface area contributed by atoms with E-state index in [1.807, 2.05) is 7.11 Å². The van der Waals surface area contributed by atoms with Crippen molar-refractivity contribution in [2.24, 2.45) is 34.5 Å². The summed E-state index contributed by atoms with van der Waals surface area (Å²) in [7, 11) is 1.87. The summed E-state index contributed by atoms with van der Waals surface area (Å²) in [5.41, 5.74) is 0.961. The number of hydrogen-bond acceptors (Lipinski definition) is 2. The summed E-state index contributed by atoms with van der Waals surface area (Å²) in [5, 5.41) is 0. The number of carbonyl (C=O) groups is 1. The summed E-state index contributed by atoms with van der Waals surface area (Å²) >= 11 is 0. The molecule has 4 saturated carbocycles. The lowest BCUT2D eigenvalue weighted by atomic mass is 9.45. The average Bonchev–Trinajstić information content (AvgIpc) is 2.90. The number of Topliss-reactive ketones (excluding diaryl/α,β-unsaturated/α-hetero) is 1. The van der Waals surface area contributed by atoms with Crippen LogP contribution in [0, 0.1) is 34.5 Å². The molecule has 0 aromatic heterocycles. The van der Waals surface area contributed by atoms with Crippen LogP contribution < -0.4 is 0 Å². The molecule has 0 aromatic rings. The normalized spacial score (nSPS) is 51.1. The molecule has 0 saturated heterocycles. The van der Waals surface area contributed by atoms with Crippen molar-refractivity contribution in [3.63, 3.8) is 0 Å². The Morgan fingerprint density at radius 1 is 1.09 bits per heavy atom. The standard InChI is InChI=1S/C20H32O2/c1-19-9-3-4-17(19)16-6-5-14-12-15(21)7-11-20(14,13-22-2)18(16)8-10-19/h14,16-18H,3-13H2,1-2H3/t14-,16+,17+,18+,19+,20-/m1/s1. The molecule has 0 bridgehead atoms. The van der Waals surface area contributed by atoms with E-state index in [2.05, 4.69) is 6.92 Å². The summed E-state index contributed by atoms with van der Waals surface area (Å²) in [6, 6.07) is 0. The number of ketones is 1. The maximum Gasteiger partial charge on any atom is 0.133 e. The van der Waals surface area contributed by atoms with Crippen LogP contribution in [0.15, 0.2) is 0 Å². The van der Waals surface area contributed by atoms with Crippen molar-refractivity contribution < 1.29 is 9.53 Å². The number of rotatable bonds is 2. The van der Waals surface area contributed by atoms with Crippen LogP contribution in [0.1, 0.15) is 71.1 Å². The van der Waals surface area contributed by atoms with Crippen molar-refractivity contribution in [1.82, 2.24) is 0 Å². The Morgan fingerprint density at radius 3 is 2.77 bits per heavy atom. The van der Waals surface area contributed by atoms with Crippen molar-refractivity contribution in [2.45, 2.75) is 71.1 Å². The first-order valence-electron chi connectivity index (χ1n) is 9.60. The first-order valence-corrected chi connectivity index (χ1v) is 9.60. The van der Waals surface area contributed by atoms with Crippen molar-refractivity contribution in [1.29, 1.82) is 0 Å². The molecule has 0 aliphatic heterocycles. The zero-order valence-electron chi connectivity index (χ0n) is 14.4. The van der Waals surface area contributed by atoms with E-state index >= 15 is 0 Å². The maximum atomic E-state index is 12.0. The summed E-state index contributed by atoms with van der Waals surface area (Å²) < 4.78 is 5.75. The molecular formula is C20H32O2. The fraction of sp³-hybridized carbons (Fsp3) is 0.950. The first-order chi connectivity index (χ1) is 10.6. The van der Waals surface area contributed by atoms with E-state index in [9.17, 15) is 4.79 Å². The van der Waals surface area contributed by atoms with Gasteiger partial charge in [0.05, 0.1) is 6.61 Å². The second-order valence-corrected chi connectivity index (χ2v) is 9.15. The Hall–Kier alpha value is -0.370. The molecule has 0 aromatic carbocycles. The third-order valence-corrected chi connectivity index (χ3v) is 8.37. The van der Waals surface area contributed by atoms with Gasteiger partial charge in [0, 0.05) is 25.4 Å². The first kappa shape index (κ1) is 15.2. The average molecular weight is 304 g/mol. The van der Waals surface area contributed by atoms with E-state index < -0.39 is 0 Å². The molecule has 2 nitrogen and oxygen atoms in total. The molecule has 0 spiro atoms. The second-order valence-electron chi connectivity index (χ2n) is 9.15. The van der Waals surface area contributed by atoms with Crippen LogP contribution in [0.2, 0.25) is 0 Å². The number of fused-ring (bicyclic) bond motifs is 5. The van der Waals surface area contributed by atoms with Gasteiger partial charge in [-0.05, 0) is 74.0 Å². The van der Waals surface area contributed by atoms with E-state index in [1.165, 1.54) is 44.9 Å². The van der Waals surface area contributed by atoms with E-state index in [0.717, 1.165) is 43.6 Å². The Morgan fingerprint density at radius 2 is 1.95 bits per heavy atom. The highest BCUT2D eigenvalue weighted by Crippen LogP contribution is 2.66. The van der Waals surface area contributed by atoms with Crippen LogP contribution in [0.3, 0.4) is 0 Å². The Labute approximate surface area is 135 Å². The van der Waals surface area contributed by atoms with Gasteiger partial charge in [-0.2, -0.15) is 0 Å². The largest absolute Gasteiger partial charge is 0.384 e. The van der Waals surface area contributed by atoms with E-state index in [1.54, 1.807) is 0 Å². The van der Waals surface area contributed by atoms with Gasteiger partial charge in [0.25, 0.3) is 0 Å². The molecule has 4 aliphatic carbocycles. The lowest BCUT2D eigenvalue weighted by Gasteiger charge is -2.60. The van der Waals surface area contributed by atoms with Crippen LogP contribution in [-0.2, 0) is 9.53 Å². The van der Waals surface area contributed by atoms with Gasteiger partial charge in [0.15, 0.2) is 0 Å². The Balaban J connectivity index is 1.66.